The smallest absolute Gasteiger partial charge is 0.146 e. The van der Waals surface area contributed by atoms with Gasteiger partial charge in [0.2, 0.25) is 0 Å². The van der Waals surface area contributed by atoms with Gasteiger partial charge in [-0.3, -0.25) is 10.4 Å². The third kappa shape index (κ3) is 3.11. The van der Waals surface area contributed by atoms with Gasteiger partial charge in [0.05, 0.1) is 17.5 Å². The van der Waals surface area contributed by atoms with E-state index in [1.54, 1.807) is 24.5 Å². The van der Waals surface area contributed by atoms with Crippen molar-refractivity contribution in [2.45, 2.75) is 0 Å². The number of nitrogens with one attached hydrogen (secondary N) is 1. The summed E-state index contributed by atoms with van der Waals surface area (Å²) >= 11 is 0. The number of aromatic nitrogens is 2. The van der Waals surface area contributed by atoms with Crippen molar-refractivity contribution in [2.24, 2.45) is 5.10 Å². The van der Waals surface area contributed by atoms with Crippen LogP contribution in [0.4, 0.5) is 5.82 Å². The first-order valence-corrected chi connectivity index (χ1v) is 4.95. The molecule has 0 aliphatic rings. The van der Waals surface area contributed by atoms with Gasteiger partial charge in [0, 0.05) is 12.4 Å². The van der Waals surface area contributed by atoms with Gasteiger partial charge in [-0.2, -0.15) is 10.4 Å². The second-order valence-electron chi connectivity index (χ2n) is 3.17. The fourth-order valence-electron chi connectivity index (χ4n) is 1.14. The summed E-state index contributed by atoms with van der Waals surface area (Å²) in [5.74, 6) is 0.580. The third-order valence-electron chi connectivity index (χ3n) is 1.96. The minimum absolute atomic E-state index is 0.518. The Morgan fingerprint density at radius 1 is 1.24 bits per heavy atom. The monoisotopic (exact) mass is 223 g/mol. The molecule has 5 heteroatoms. The zero-order chi connectivity index (χ0) is 11.9. The SMILES string of the molecule is N#Cc1ccc(N/N=C/c2ccccn2)nc1. The number of rotatable bonds is 3. The van der Waals surface area contributed by atoms with Gasteiger partial charge in [-0.05, 0) is 24.3 Å². The molecule has 5 nitrogen and oxygen atoms in total. The maximum Gasteiger partial charge on any atom is 0.146 e. The van der Waals surface area contributed by atoms with Gasteiger partial charge in [-0.15, -0.1) is 0 Å². The van der Waals surface area contributed by atoms with Gasteiger partial charge < -0.3 is 0 Å². The van der Waals surface area contributed by atoms with Crippen LogP contribution in [0.25, 0.3) is 0 Å². The number of hydrogen-bond donors (Lipinski definition) is 1. The van der Waals surface area contributed by atoms with Gasteiger partial charge in [-0.25, -0.2) is 4.98 Å². The van der Waals surface area contributed by atoms with Gasteiger partial charge in [0.25, 0.3) is 0 Å². The average molecular weight is 223 g/mol. The van der Waals surface area contributed by atoms with E-state index in [0.29, 0.717) is 11.4 Å². The Morgan fingerprint density at radius 2 is 2.18 bits per heavy atom. The van der Waals surface area contributed by atoms with Crippen molar-refractivity contribution in [3.63, 3.8) is 0 Å². The van der Waals surface area contributed by atoms with Crippen LogP contribution in [0.5, 0.6) is 0 Å². The summed E-state index contributed by atoms with van der Waals surface area (Å²) in [4.78, 5) is 8.10. The van der Waals surface area contributed by atoms with Gasteiger partial charge in [0.15, 0.2) is 0 Å². The quantitative estimate of drug-likeness (QED) is 0.636. The van der Waals surface area contributed by atoms with Crippen molar-refractivity contribution in [1.82, 2.24) is 9.97 Å². The highest BCUT2D eigenvalue weighted by Gasteiger charge is 1.92. The van der Waals surface area contributed by atoms with Crippen LogP contribution < -0.4 is 5.43 Å². The molecule has 1 N–H and O–H groups in total. The molecule has 0 atom stereocenters. The predicted molar refractivity (Wildman–Crippen MR) is 64.4 cm³/mol. The van der Waals surface area contributed by atoms with E-state index in [0.717, 1.165) is 5.69 Å². The number of hydrogen-bond acceptors (Lipinski definition) is 5. The molecule has 0 amide bonds. The molecule has 2 rings (SSSR count). The maximum absolute atomic E-state index is 8.60. The molecule has 2 aromatic heterocycles. The summed E-state index contributed by atoms with van der Waals surface area (Å²) in [5.41, 5.74) is 4.03. The molecule has 0 aliphatic carbocycles. The highest BCUT2D eigenvalue weighted by Crippen LogP contribution is 2.03. The van der Waals surface area contributed by atoms with Crippen molar-refractivity contribution in [3.8, 4) is 6.07 Å². The number of anilines is 1. The van der Waals surface area contributed by atoms with Crippen molar-refractivity contribution < 1.29 is 0 Å². The third-order valence-corrected chi connectivity index (χ3v) is 1.96. The number of pyridine rings is 2. The van der Waals surface area contributed by atoms with E-state index in [1.165, 1.54) is 6.20 Å². The van der Waals surface area contributed by atoms with Gasteiger partial charge in [0.1, 0.15) is 11.9 Å². The highest BCUT2D eigenvalue weighted by molar-refractivity contribution is 5.77. The zero-order valence-corrected chi connectivity index (χ0v) is 8.91. The molecule has 0 saturated carbocycles. The second kappa shape index (κ2) is 5.37. The fraction of sp³-hybridized carbons (Fsp3) is 0. The van der Waals surface area contributed by atoms with Crippen LogP contribution in [0.1, 0.15) is 11.3 Å². The van der Waals surface area contributed by atoms with E-state index in [1.807, 2.05) is 24.3 Å². The van der Waals surface area contributed by atoms with E-state index >= 15 is 0 Å². The first-order valence-electron chi connectivity index (χ1n) is 4.95. The van der Waals surface area contributed by atoms with Crippen LogP contribution in [-0.4, -0.2) is 16.2 Å². The van der Waals surface area contributed by atoms with Gasteiger partial charge in [-0.1, -0.05) is 6.07 Å². The summed E-state index contributed by atoms with van der Waals surface area (Å²) in [6.07, 6.45) is 4.78. The standard InChI is InChI=1S/C12H9N5/c13-7-10-4-5-12(15-8-10)17-16-9-11-3-1-2-6-14-11/h1-6,8-9H,(H,15,17)/b16-9+. The van der Waals surface area contributed by atoms with E-state index in [2.05, 4.69) is 20.5 Å². The summed E-state index contributed by atoms with van der Waals surface area (Å²) in [7, 11) is 0. The molecule has 2 aromatic rings. The predicted octanol–water partition coefficient (Wildman–Crippen LogP) is 1.79. The van der Waals surface area contributed by atoms with E-state index < -0.39 is 0 Å². The van der Waals surface area contributed by atoms with Crippen LogP contribution in [-0.2, 0) is 0 Å². The fourth-order valence-corrected chi connectivity index (χ4v) is 1.14. The number of nitriles is 1. The first kappa shape index (κ1) is 10.8. The topological polar surface area (TPSA) is 74.0 Å². The largest absolute Gasteiger partial charge is 0.261 e. The Kier molecular flexibility index (Phi) is 3.40. The lowest BCUT2D eigenvalue weighted by molar-refractivity contribution is 1.21. The summed E-state index contributed by atoms with van der Waals surface area (Å²) < 4.78 is 0. The number of nitrogens with zero attached hydrogens (tertiary/aromatic N) is 4. The van der Waals surface area contributed by atoms with Crippen molar-refractivity contribution in [1.29, 1.82) is 5.26 Å². The van der Waals surface area contributed by atoms with Crippen LogP contribution in [0.15, 0.2) is 47.8 Å². The Bertz CT molecular complexity index is 539. The molecular weight excluding hydrogens is 214 g/mol. The highest BCUT2D eigenvalue weighted by atomic mass is 15.3. The normalized spacial score (nSPS) is 10.1. The Hall–Kier alpha value is -2.74. The minimum atomic E-state index is 0.518. The van der Waals surface area contributed by atoms with Crippen molar-refractivity contribution >= 4 is 12.0 Å². The molecular formula is C12H9N5. The molecule has 0 radical (unpaired) electrons. The lowest BCUT2D eigenvalue weighted by atomic mass is 10.3. The lowest BCUT2D eigenvalue weighted by Crippen LogP contribution is -1.94. The Labute approximate surface area is 98.5 Å². The van der Waals surface area contributed by atoms with Crippen molar-refractivity contribution in [2.75, 3.05) is 5.43 Å². The van der Waals surface area contributed by atoms with Crippen LogP contribution in [0.2, 0.25) is 0 Å². The summed E-state index contributed by atoms with van der Waals surface area (Å²) in [5, 5.41) is 12.6. The minimum Gasteiger partial charge on any atom is -0.261 e. The zero-order valence-electron chi connectivity index (χ0n) is 8.91. The maximum atomic E-state index is 8.60. The van der Waals surface area contributed by atoms with Gasteiger partial charge >= 0.3 is 0 Å². The summed E-state index contributed by atoms with van der Waals surface area (Å²) in [6.45, 7) is 0. The molecule has 2 heterocycles. The van der Waals surface area contributed by atoms with E-state index in [-0.39, 0.29) is 0 Å². The average Bonchev–Trinajstić information content (AvgIpc) is 2.41. The number of hydrazone groups is 1. The lowest BCUT2D eigenvalue weighted by Gasteiger charge is -1.97. The summed E-state index contributed by atoms with van der Waals surface area (Å²) in [6, 6.07) is 10.9. The molecule has 0 fully saturated rings. The molecule has 0 aromatic carbocycles. The molecule has 0 bridgehead atoms. The first-order chi connectivity index (χ1) is 8.38. The molecule has 0 saturated heterocycles. The second-order valence-corrected chi connectivity index (χ2v) is 3.17. The van der Waals surface area contributed by atoms with Crippen molar-refractivity contribution in [3.05, 3.63) is 54.0 Å². The van der Waals surface area contributed by atoms with E-state index in [4.69, 9.17) is 5.26 Å². The molecule has 0 aliphatic heterocycles. The Balaban J connectivity index is 1.98. The van der Waals surface area contributed by atoms with E-state index in [9.17, 15) is 0 Å². The molecule has 17 heavy (non-hydrogen) atoms. The van der Waals surface area contributed by atoms with Crippen LogP contribution in [0, 0.1) is 11.3 Å². The van der Waals surface area contributed by atoms with Crippen LogP contribution >= 0.6 is 0 Å². The van der Waals surface area contributed by atoms with Crippen LogP contribution in [0.3, 0.4) is 0 Å². The molecule has 0 unspecified atom stereocenters. The molecule has 0 spiro atoms. The molecule has 82 valence electrons. The Morgan fingerprint density at radius 3 is 2.82 bits per heavy atom.